The Morgan fingerprint density at radius 1 is 1.50 bits per heavy atom. The Bertz CT molecular complexity index is 558. The second-order valence-electron chi connectivity index (χ2n) is 5.75. The lowest BCUT2D eigenvalue weighted by Gasteiger charge is -2.21. The fourth-order valence-corrected chi connectivity index (χ4v) is 1.83. The monoisotopic (exact) mass is 313 g/mol. The Morgan fingerprint density at radius 3 is 2.64 bits per heavy atom. The van der Waals surface area contributed by atoms with E-state index in [1.54, 1.807) is 20.8 Å². The minimum absolute atomic E-state index is 0.0174. The second kappa shape index (κ2) is 7.17. The van der Waals surface area contributed by atoms with Gasteiger partial charge in [-0.2, -0.15) is 4.39 Å². The van der Waals surface area contributed by atoms with E-state index >= 15 is 0 Å². The van der Waals surface area contributed by atoms with Gasteiger partial charge in [-0.25, -0.2) is 4.79 Å². The molecule has 122 valence electrons. The zero-order valence-corrected chi connectivity index (χ0v) is 12.8. The molecule has 1 unspecified atom stereocenters. The van der Waals surface area contributed by atoms with Crippen LogP contribution in [0.15, 0.2) is 18.2 Å². The molecular formula is C14H20FN3O4. The van der Waals surface area contributed by atoms with Gasteiger partial charge in [-0.15, -0.1) is 0 Å². The topological polar surface area (TPSA) is 107 Å². The van der Waals surface area contributed by atoms with E-state index in [0.29, 0.717) is 0 Å². The molecule has 1 aromatic rings. The summed E-state index contributed by atoms with van der Waals surface area (Å²) in [5.41, 5.74) is 4.40. The molecule has 0 heterocycles. The summed E-state index contributed by atoms with van der Waals surface area (Å²) >= 11 is 0. The first-order valence-electron chi connectivity index (χ1n) is 6.75. The van der Waals surface area contributed by atoms with Gasteiger partial charge in [-0.3, -0.25) is 10.1 Å². The van der Waals surface area contributed by atoms with Crippen LogP contribution in [-0.4, -0.2) is 29.7 Å². The Labute approximate surface area is 127 Å². The van der Waals surface area contributed by atoms with Crippen molar-refractivity contribution >= 4 is 11.8 Å². The lowest BCUT2D eigenvalue weighted by atomic mass is 9.98. The van der Waals surface area contributed by atoms with Crippen LogP contribution in [0.4, 0.5) is 14.9 Å². The maximum atomic E-state index is 14.1. The predicted molar refractivity (Wildman–Crippen MR) is 79.1 cm³/mol. The number of rotatable bonds is 5. The van der Waals surface area contributed by atoms with Crippen molar-refractivity contribution in [2.24, 2.45) is 5.73 Å². The zero-order valence-electron chi connectivity index (χ0n) is 12.8. The van der Waals surface area contributed by atoms with E-state index < -0.39 is 34.0 Å². The lowest BCUT2D eigenvalue weighted by Crippen LogP contribution is -2.36. The molecule has 0 aliphatic rings. The van der Waals surface area contributed by atoms with Gasteiger partial charge in [0.2, 0.25) is 5.82 Å². The molecular weight excluding hydrogens is 293 g/mol. The minimum Gasteiger partial charge on any atom is -0.444 e. The molecule has 0 fully saturated rings. The maximum Gasteiger partial charge on any atom is 0.407 e. The van der Waals surface area contributed by atoms with Crippen LogP contribution in [0.3, 0.4) is 0 Å². The smallest absolute Gasteiger partial charge is 0.407 e. The summed E-state index contributed by atoms with van der Waals surface area (Å²) in [6.45, 7) is 5.19. The number of hydrogen-bond donors (Lipinski definition) is 2. The van der Waals surface area contributed by atoms with Crippen LogP contribution in [0.2, 0.25) is 0 Å². The number of hydrogen-bond acceptors (Lipinski definition) is 5. The summed E-state index contributed by atoms with van der Waals surface area (Å²) in [6, 6.07) is 3.87. The second-order valence-corrected chi connectivity index (χ2v) is 5.75. The highest BCUT2D eigenvalue weighted by molar-refractivity contribution is 5.67. The van der Waals surface area contributed by atoms with Gasteiger partial charge in [0.15, 0.2) is 0 Å². The number of nitrogens with one attached hydrogen (secondary N) is 1. The quantitative estimate of drug-likeness (QED) is 0.640. The zero-order chi connectivity index (χ0) is 16.9. The summed E-state index contributed by atoms with van der Waals surface area (Å²) in [5, 5.41) is 13.2. The fraction of sp³-hybridized carbons (Fsp3) is 0.500. The number of nitro benzene ring substituents is 1. The first-order valence-corrected chi connectivity index (χ1v) is 6.75. The number of benzene rings is 1. The molecule has 0 bridgehead atoms. The number of nitrogens with zero attached hydrogens (tertiary/aromatic N) is 1. The Kier molecular flexibility index (Phi) is 5.81. The SMILES string of the molecule is CC(C)(C)OC(=O)NCC(CN)c1cccc([N+](=O)[O-])c1F. The van der Waals surface area contributed by atoms with Crippen LogP contribution in [-0.2, 0) is 4.74 Å². The van der Waals surface area contributed by atoms with Crippen molar-refractivity contribution in [3.05, 3.63) is 39.7 Å². The van der Waals surface area contributed by atoms with Crippen LogP contribution < -0.4 is 11.1 Å². The molecule has 1 amide bonds. The largest absolute Gasteiger partial charge is 0.444 e. The number of nitrogens with two attached hydrogens (primary N) is 1. The predicted octanol–water partition coefficient (Wildman–Crippen LogP) is 2.30. The van der Waals surface area contributed by atoms with Crippen molar-refractivity contribution in [3.8, 4) is 0 Å². The maximum absolute atomic E-state index is 14.1. The molecule has 0 aliphatic heterocycles. The number of halogens is 1. The average molecular weight is 313 g/mol. The van der Waals surface area contributed by atoms with E-state index in [-0.39, 0.29) is 18.7 Å². The van der Waals surface area contributed by atoms with Gasteiger partial charge < -0.3 is 15.8 Å². The van der Waals surface area contributed by atoms with E-state index in [2.05, 4.69) is 5.32 Å². The van der Waals surface area contributed by atoms with E-state index in [1.807, 2.05) is 0 Å². The molecule has 0 saturated heterocycles. The Morgan fingerprint density at radius 2 is 2.14 bits per heavy atom. The van der Waals surface area contributed by atoms with Gasteiger partial charge in [-0.05, 0) is 20.8 Å². The van der Waals surface area contributed by atoms with E-state index in [1.165, 1.54) is 12.1 Å². The summed E-state index contributed by atoms with van der Waals surface area (Å²) < 4.78 is 19.2. The molecule has 0 aliphatic carbocycles. The van der Waals surface area contributed by atoms with Crippen LogP contribution in [0.1, 0.15) is 32.3 Å². The third-order valence-electron chi connectivity index (χ3n) is 2.82. The molecule has 8 heteroatoms. The van der Waals surface area contributed by atoms with Crippen molar-refractivity contribution in [2.75, 3.05) is 13.1 Å². The van der Waals surface area contributed by atoms with Crippen LogP contribution >= 0.6 is 0 Å². The fourth-order valence-electron chi connectivity index (χ4n) is 1.83. The Balaban J connectivity index is 2.83. The van der Waals surface area contributed by atoms with Gasteiger partial charge in [0.25, 0.3) is 0 Å². The van der Waals surface area contributed by atoms with Gasteiger partial charge in [0.05, 0.1) is 4.92 Å². The molecule has 7 nitrogen and oxygen atoms in total. The highest BCUT2D eigenvalue weighted by Gasteiger charge is 2.23. The van der Waals surface area contributed by atoms with Gasteiger partial charge >= 0.3 is 11.8 Å². The number of alkyl carbamates (subject to hydrolysis) is 1. The molecule has 0 spiro atoms. The van der Waals surface area contributed by atoms with E-state index in [9.17, 15) is 19.3 Å². The molecule has 0 saturated carbocycles. The van der Waals surface area contributed by atoms with Crippen molar-refractivity contribution in [3.63, 3.8) is 0 Å². The van der Waals surface area contributed by atoms with Crippen molar-refractivity contribution in [2.45, 2.75) is 32.3 Å². The number of carbonyl (C=O) groups excluding carboxylic acids is 1. The number of carbonyl (C=O) groups is 1. The Hall–Kier alpha value is -2.22. The summed E-state index contributed by atoms with van der Waals surface area (Å²) in [5.74, 6) is -1.53. The van der Waals surface area contributed by atoms with E-state index in [4.69, 9.17) is 10.5 Å². The average Bonchev–Trinajstić information content (AvgIpc) is 2.38. The van der Waals surface area contributed by atoms with Crippen LogP contribution in [0.25, 0.3) is 0 Å². The normalized spacial score (nSPS) is 12.6. The minimum atomic E-state index is -0.936. The molecule has 0 radical (unpaired) electrons. The molecule has 3 N–H and O–H groups in total. The third kappa shape index (κ3) is 4.96. The van der Waals surface area contributed by atoms with Gasteiger partial charge in [0.1, 0.15) is 5.60 Å². The summed E-state index contributed by atoms with van der Waals surface area (Å²) in [7, 11) is 0. The third-order valence-corrected chi connectivity index (χ3v) is 2.82. The van der Waals surface area contributed by atoms with Gasteiger partial charge in [0, 0.05) is 30.6 Å². The standard InChI is InChI=1S/C14H20FN3O4/c1-14(2,3)22-13(19)17-8-9(7-16)10-5-4-6-11(12(10)15)18(20)21/h4-6,9H,7-8,16H2,1-3H3,(H,17,19). The summed E-state index contributed by atoms with van der Waals surface area (Å²) in [6.07, 6.45) is -0.656. The first kappa shape index (κ1) is 17.8. The first-order chi connectivity index (χ1) is 10.2. The van der Waals surface area contributed by atoms with Crippen molar-refractivity contribution < 1.29 is 18.8 Å². The molecule has 1 aromatic carbocycles. The summed E-state index contributed by atoms with van der Waals surface area (Å²) in [4.78, 5) is 21.5. The van der Waals surface area contributed by atoms with Crippen molar-refractivity contribution in [1.29, 1.82) is 0 Å². The van der Waals surface area contributed by atoms with Crippen LogP contribution in [0.5, 0.6) is 0 Å². The number of ether oxygens (including phenoxy) is 1. The number of nitro groups is 1. The highest BCUT2D eigenvalue weighted by Crippen LogP contribution is 2.25. The van der Waals surface area contributed by atoms with E-state index in [0.717, 1.165) is 6.07 Å². The molecule has 1 atom stereocenters. The molecule has 1 rings (SSSR count). The number of amides is 1. The van der Waals surface area contributed by atoms with Gasteiger partial charge in [-0.1, -0.05) is 12.1 Å². The lowest BCUT2D eigenvalue weighted by molar-refractivity contribution is -0.387. The molecule has 22 heavy (non-hydrogen) atoms. The van der Waals surface area contributed by atoms with Crippen molar-refractivity contribution in [1.82, 2.24) is 5.32 Å². The van der Waals surface area contributed by atoms with Crippen LogP contribution in [0, 0.1) is 15.9 Å². The molecule has 0 aromatic heterocycles. The highest BCUT2D eigenvalue weighted by atomic mass is 19.1.